The van der Waals surface area contributed by atoms with Crippen LogP contribution in [-0.2, 0) is 0 Å². The Labute approximate surface area is 124 Å². The van der Waals surface area contributed by atoms with E-state index in [-0.39, 0.29) is 6.03 Å². The van der Waals surface area contributed by atoms with Crippen LogP contribution in [-0.4, -0.2) is 20.1 Å². The zero-order chi connectivity index (χ0) is 15.4. The maximum absolute atomic E-state index is 12.0. The molecule has 0 aliphatic carbocycles. The molecule has 2 amide bonds. The van der Waals surface area contributed by atoms with Crippen molar-refractivity contribution in [2.45, 2.75) is 6.92 Å². The Kier molecular flexibility index (Phi) is 4.33. The van der Waals surface area contributed by atoms with Gasteiger partial charge in [-0.15, -0.1) is 0 Å². The van der Waals surface area contributed by atoms with Gasteiger partial charge in [0.15, 0.2) is 0 Å². The van der Waals surface area contributed by atoms with Gasteiger partial charge in [0.05, 0.1) is 0 Å². The van der Waals surface area contributed by atoms with E-state index < -0.39 is 0 Å². The molecule has 0 aromatic heterocycles. The van der Waals surface area contributed by atoms with Crippen LogP contribution in [0, 0.1) is 6.92 Å². The normalized spacial score (nSPS) is 10.0. The second-order valence-corrected chi connectivity index (χ2v) is 5.10. The number of anilines is 4. The van der Waals surface area contributed by atoms with Crippen molar-refractivity contribution >= 4 is 28.8 Å². The standard InChI is InChI=1S/C16H20N4O/c1-11-7-8-14(10-15(11)20(2)3)19-16(21)18-13-6-4-5-12(17)9-13/h4-10H,17H2,1-3H3,(H2,18,19,21). The van der Waals surface area contributed by atoms with Gasteiger partial charge in [0.1, 0.15) is 0 Å². The molecule has 0 bridgehead atoms. The van der Waals surface area contributed by atoms with Crippen molar-refractivity contribution in [2.75, 3.05) is 35.4 Å². The molecule has 0 unspecified atom stereocenters. The lowest BCUT2D eigenvalue weighted by Crippen LogP contribution is -2.20. The molecule has 0 saturated carbocycles. The average molecular weight is 284 g/mol. The summed E-state index contributed by atoms with van der Waals surface area (Å²) in [5, 5.41) is 5.57. The molecule has 2 aromatic rings. The lowest BCUT2D eigenvalue weighted by Gasteiger charge is -2.17. The van der Waals surface area contributed by atoms with E-state index in [1.807, 2.05) is 44.1 Å². The van der Waals surface area contributed by atoms with Crippen molar-refractivity contribution in [3.8, 4) is 0 Å². The molecule has 0 spiro atoms. The Bertz CT molecular complexity index is 652. The Morgan fingerprint density at radius 2 is 1.71 bits per heavy atom. The molecule has 0 fully saturated rings. The van der Waals surface area contributed by atoms with Crippen LogP contribution in [0.5, 0.6) is 0 Å². The third kappa shape index (κ3) is 3.89. The molecule has 4 N–H and O–H groups in total. The summed E-state index contributed by atoms with van der Waals surface area (Å²) in [6, 6.07) is 12.6. The van der Waals surface area contributed by atoms with E-state index in [4.69, 9.17) is 5.73 Å². The van der Waals surface area contributed by atoms with Gasteiger partial charge in [0, 0.05) is 36.8 Å². The van der Waals surface area contributed by atoms with Gasteiger partial charge in [-0.1, -0.05) is 12.1 Å². The van der Waals surface area contributed by atoms with E-state index >= 15 is 0 Å². The Balaban J connectivity index is 2.08. The Morgan fingerprint density at radius 3 is 2.33 bits per heavy atom. The number of hydrogen-bond donors (Lipinski definition) is 3. The van der Waals surface area contributed by atoms with Crippen LogP contribution < -0.4 is 21.3 Å². The van der Waals surface area contributed by atoms with Gasteiger partial charge in [-0.2, -0.15) is 0 Å². The minimum atomic E-state index is -0.297. The first-order valence-electron chi connectivity index (χ1n) is 6.67. The van der Waals surface area contributed by atoms with E-state index in [0.29, 0.717) is 11.4 Å². The van der Waals surface area contributed by atoms with Crippen LogP contribution in [0.1, 0.15) is 5.56 Å². The van der Waals surface area contributed by atoms with Crippen LogP contribution in [0.15, 0.2) is 42.5 Å². The first-order valence-corrected chi connectivity index (χ1v) is 6.67. The molecule has 0 saturated heterocycles. The summed E-state index contributed by atoms with van der Waals surface area (Å²) in [5.41, 5.74) is 9.91. The summed E-state index contributed by atoms with van der Waals surface area (Å²) in [5.74, 6) is 0. The quantitative estimate of drug-likeness (QED) is 0.757. The Hall–Kier alpha value is -2.69. The highest BCUT2D eigenvalue weighted by atomic mass is 16.2. The molecule has 5 heteroatoms. The molecule has 0 aliphatic rings. The predicted molar refractivity (Wildman–Crippen MR) is 89.0 cm³/mol. The number of nitrogen functional groups attached to an aromatic ring is 1. The highest BCUT2D eigenvalue weighted by Crippen LogP contribution is 2.22. The number of rotatable bonds is 3. The number of carbonyl (C=O) groups is 1. The predicted octanol–water partition coefficient (Wildman–Crippen LogP) is 3.29. The molecule has 110 valence electrons. The number of aryl methyl sites for hydroxylation is 1. The summed E-state index contributed by atoms with van der Waals surface area (Å²) in [6.07, 6.45) is 0. The smallest absolute Gasteiger partial charge is 0.323 e. The van der Waals surface area contributed by atoms with Gasteiger partial charge >= 0.3 is 6.03 Å². The van der Waals surface area contributed by atoms with Crippen molar-refractivity contribution < 1.29 is 4.79 Å². The van der Waals surface area contributed by atoms with E-state index in [2.05, 4.69) is 10.6 Å². The SMILES string of the molecule is Cc1ccc(NC(=O)Nc2cccc(N)c2)cc1N(C)C. The topological polar surface area (TPSA) is 70.4 Å². The van der Waals surface area contributed by atoms with E-state index in [9.17, 15) is 4.79 Å². The molecule has 0 atom stereocenters. The van der Waals surface area contributed by atoms with Gasteiger partial charge in [-0.05, 0) is 42.8 Å². The Morgan fingerprint density at radius 1 is 1.05 bits per heavy atom. The van der Waals surface area contributed by atoms with Crippen LogP contribution in [0.25, 0.3) is 0 Å². The average Bonchev–Trinajstić information content (AvgIpc) is 2.40. The molecule has 21 heavy (non-hydrogen) atoms. The summed E-state index contributed by atoms with van der Waals surface area (Å²) in [4.78, 5) is 14.0. The highest BCUT2D eigenvalue weighted by molar-refractivity contribution is 6.00. The van der Waals surface area contributed by atoms with Gasteiger partial charge in [-0.3, -0.25) is 0 Å². The molecule has 0 aliphatic heterocycles. The largest absolute Gasteiger partial charge is 0.399 e. The van der Waals surface area contributed by atoms with Crippen molar-refractivity contribution in [1.29, 1.82) is 0 Å². The lowest BCUT2D eigenvalue weighted by molar-refractivity contribution is 0.262. The van der Waals surface area contributed by atoms with Crippen LogP contribution in [0.2, 0.25) is 0 Å². The summed E-state index contributed by atoms with van der Waals surface area (Å²) in [7, 11) is 3.94. The summed E-state index contributed by atoms with van der Waals surface area (Å²) >= 11 is 0. The fourth-order valence-corrected chi connectivity index (χ4v) is 2.08. The van der Waals surface area contributed by atoms with Gasteiger partial charge in [-0.25, -0.2) is 4.79 Å². The van der Waals surface area contributed by atoms with Crippen molar-refractivity contribution in [3.63, 3.8) is 0 Å². The van der Waals surface area contributed by atoms with Gasteiger partial charge in [0.25, 0.3) is 0 Å². The van der Waals surface area contributed by atoms with Crippen molar-refractivity contribution in [1.82, 2.24) is 0 Å². The van der Waals surface area contributed by atoms with Crippen molar-refractivity contribution in [3.05, 3.63) is 48.0 Å². The van der Waals surface area contributed by atoms with E-state index in [1.165, 1.54) is 0 Å². The monoisotopic (exact) mass is 284 g/mol. The van der Waals surface area contributed by atoms with Gasteiger partial charge < -0.3 is 21.3 Å². The number of nitrogens with zero attached hydrogens (tertiary/aromatic N) is 1. The van der Waals surface area contributed by atoms with Crippen LogP contribution in [0.4, 0.5) is 27.5 Å². The number of nitrogens with two attached hydrogens (primary N) is 1. The summed E-state index contributed by atoms with van der Waals surface area (Å²) in [6.45, 7) is 2.03. The molecule has 0 heterocycles. The minimum Gasteiger partial charge on any atom is -0.399 e. The first-order chi connectivity index (χ1) is 9.95. The van der Waals surface area contributed by atoms with Gasteiger partial charge in [0.2, 0.25) is 0 Å². The van der Waals surface area contributed by atoms with Crippen LogP contribution >= 0.6 is 0 Å². The number of amides is 2. The second kappa shape index (κ2) is 6.17. The van der Waals surface area contributed by atoms with Crippen molar-refractivity contribution in [2.24, 2.45) is 0 Å². The molecule has 5 nitrogen and oxygen atoms in total. The molecule has 0 radical (unpaired) electrons. The number of urea groups is 1. The maximum atomic E-state index is 12.0. The number of carbonyl (C=O) groups excluding carboxylic acids is 1. The third-order valence-electron chi connectivity index (χ3n) is 3.09. The second-order valence-electron chi connectivity index (χ2n) is 5.10. The zero-order valence-electron chi connectivity index (χ0n) is 12.5. The molecular formula is C16H20N4O. The highest BCUT2D eigenvalue weighted by Gasteiger charge is 2.06. The molecule has 2 rings (SSSR count). The minimum absolute atomic E-state index is 0.297. The first kappa shape index (κ1) is 14.7. The number of hydrogen-bond acceptors (Lipinski definition) is 3. The number of nitrogens with one attached hydrogen (secondary N) is 2. The van der Waals surface area contributed by atoms with E-state index in [1.54, 1.807) is 24.3 Å². The molecular weight excluding hydrogens is 264 g/mol. The maximum Gasteiger partial charge on any atom is 0.323 e. The third-order valence-corrected chi connectivity index (χ3v) is 3.09. The lowest BCUT2D eigenvalue weighted by atomic mass is 10.1. The fraction of sp³-hybridized carbons (Fsp3) is 0.188. The number of benzene rings is 2. The molecule has 2 aromatic carbocycles. The van der Waals surface area contributed by atoms with E-state index in [0.717, 1.165) is 16.9 Å². The van der Waals surface area contributed by atoms with Crippen LogP contribution in [0.3, 0.4) is 0 Å². The summed E-state index contributed by atoms with van der Waals surface area (Å²) < 4.78 is 0. The fourth-order valence-electron chi connectivity index (χ4n) is 2.08. The zero-order valence-corrected chi connectivity index (χ0v) is 12.5.